The average molecular weight is 323 g/mol. The molecule has 5 nitrogen and oxygen atoms in total. The smallest absolute Gasteiger partial charge is 0.308 e. The minimum absolute atomic E-state index is 0.197. The van der Waals surface area contributed by atoms with Crippen LogP contribution in [0.5, 0.6) is 0 Å². The lowest BCUT2D eigenvalue weighted by atomic mass is 9.99. The number of sulfonamides is 1. The van der Waals surface area contributed by atoms with Crippen molar-refractivity contribution in [3.8, 4) is 0 Å². The second-order valence-corrected chi connectivity index (χ2v) is 7.27. The Labute approximate surface area is 131 Å². The van der Waals surface area contributed by atoms with Crippen LogP contribution in [0.1, 0.15) is 24.0 Å². The molecule has 6 heteroatoms. The van der Waals surface area contributed by atoms with Gasteiger partial charge in [0.15, 0.2) is 0 Å². The van der Waals surface area contributed by atoms with E-state index in [1.165, 1.54) is 16.8 Å². The van der Waals surface area contributed by atoms with Gasteiger partial charge < -0.3 is 4.74 Å². The van der Waals surface area contributed by atoms with E-state index in [-0.39, 0.29) is 11.9 Å². The number of rotatable bonds is 4. The molecule has 0 saturated carbocycles. The van der Waals surface area contributed by atoms with Gasteiger partial charge in [0.1, 0.15) is 0 Å². The van der Waals surface area contributed by atoms with Crippen molar-refractivity contribution in [3.63, 3.8) is 0 Å². The van der Waals surface area contributed by atoms with E-state index in [0.717, 1.165) is 11.1 Å². The Morgan fingerprint density at radius 1 is 1.23 bits per heavy atom. The summed E-state index contributed by atoms with van der Waals surface area (Å²) in [6.45, 7) is 2.68. The van der Waals surface area contributed by atoms with E-state index in [1.54, 1.807) is 6.08 Å². The fourth-order valence-corrected chi connectivity index (χ4v) is 3.66. The predicted octanol–water partition coefficient (Wildman–Crippen LogP) is 2.18. The third kappa shape index (κ3) is 4.18. The molecule has 1 aromatic rings. The lowest BCUT2D eigenvalue weighted by molar-refractivity contribution is -0.146. The van der Waals surface area contributed by atoms with E-state index >= 15 is 0 Å². The van der Waals surface area contributed by atoms with Gasteiger partial charge in [0.25, 0.3) is 0 Å². The zero-order valence-corrected chi connectivity index (χ0v) is 13.7. The minimum Gasteiger partial charge on any atom is -0.469 e. The molecule has 120 valence electrons. The van der Waals surface area contributed by atoms with Crippen molar-refractivity contribution in [2.75, 3.05) is 20.2 Å². The summed E-state index contributed by atoms with van der Waals surface area (Å²) in [5.74, 6) is -0.454. The van der Waals surface area contributed by atoms with Crippen LogP contribution in [0.2, 0.25) is 0 Å². The Bertz CT molecular complexity index is 641. The summed E-state index contributed by atoms with van der Waals surface area (Å²) in [6.07, 6.45) is 2.61. The second kappa shape index (κ2) is 7.07. The molecular formula is C16H21NO4S. The van der Waals surface area contributed by atoms with Crippen LogP contribution in [0.25, 0.3) is 6.08 Å². The molecule has 1 heterocycles. The Hall–Kier alpha value is -1.66. The first-order chi connectivity index (χ1) is 10.4. The van der Waals surface area contributed by atoms with Crippen molar-refractivity contribution < 1.29 is 17.9 Å². The number of hydrogen-bond donors (Lipinski definition) is 0. The SMILES string of the molecule is COC(=O)C1CCN(S(=O)(=O)/C=C/c2ccc(C)cc2)CC1. The van der Waals surface area contributed by atoms with Gasteiger partial charge in [-0.05, 0) is 31.4 Å². The summed E-state index contributed by atoms with van der Waals surface area (Å²) in [4.78, 5) is 11.5. The molecule has 0 amide bonds. The lowest BCUT2D eigenvalue weighted by Gasteiger charge is -2.28. The largest absolute Gasteiger partial charge is 0.469 e. The van der Waals surface area contributed by atoms with Crippen LogP contribution in [-0.4, -0.2) is 38.9 Å². The first-order valence-corrected chi connectivity index (χ1v) is 8.75. The Morgan fingerprint density at radius 2 is 1.82 bits per heavy atom. The molecule has 22 heavy (non-hydrogen) atoms. The lowest BCUT2D eigenvalue weighted by Crippen LogP contribution is -2.39. The zero-order valence-electron chi connectivity index (χ0n) is 12.9. The molecule has 2 rings (SSSR count). The summed E-state index contributed by atoms with van der Waals surface area (Å²) in [6, 6.07) is 7.64. The maximum Gasteiger partial charge on any atom is 0.308 e. The number of benzene rings is 1. The fourth-order valence-electron chi connectivity index (χ4n) is 2.44. The van der Waals surface area contributed by atoms with Gasteiger partial charge >= 0.3 is 5.97 Å². The number of esters is 1. The molecule has 0 bridgehead atoms. The molecule has 0 aromatic heterocycles. The van der Waals surface area contributed by atoms with Crippen LogP contribution in [0.4, 0.5) is 0 Å². The van der Waals surface area contributed by atoms with Crippen LogP contribution in [0.15, 0.2) is 29.7 Å². The Morgan fingerprint density at radius 3 is 2.36 bits per heavy atom. The number of methoxy groups -OCH3 is 1. The molecule has 1 aromatic carbocycles. The molecule has 1 saturated heterocycles. The summed E-state index contributed by atoms with van der Waals surface area (Å²) < 4.78 is 30.7. The van der Waals surface area contributed by atoms with E-state index in [2.05, 4.69) is 0 Å². The minimum atomic E-state index is -3.45. The van der Waals surface area contributed by atoms with Gasteiger partial charge in [-0.2, -0.15) is 4.31 Å². The maximum atomic E-state index is 12.3. The highest BCUT2D eigenvalue weighted by Crippen LogP contribution is 2.21. The van der Waals surface area contributed by atoms with Crippen LogP contribution in [0, 0.1) is 12.8 Å². The molecule has 0 unspecified atom stereocenters. The maximum absolute atomic E-state index is 12.3. The summed E-state index contributed by atoms with van der Waals surface area (Å²) in [5, 5.41) is 1.23. The number of nitrogens with zero attached hydrogens (tertiary/aromatic N) is 1. The van der Waals surface area contributed by atoms with Gasteiger partial charge in [0.2, 0.25) is 10.0 Å². The summed E-state index contributed by atoms with van der Waals surface area (Å²) >= 11 is 0. The van der Waals surface area contributed by atoms with E-state index in [9.17, 15) is 13.2 Å². The molecule has 0 radical (unpaired) electrons. The van der Waals surface area contributed by atoms with Crippen molar-refractivity contribution in [1.29, 1.82) is 0 Å². The highest BCUT2D eigenvalue weighted by molar-refractivity contribution is 7.92. The van der Waals surface area contributed by atoms with E-state index < -0.39 is 10.0 Å². The molecule has 1 aliphatic heterocycles. The number of ether oxygens (including phenoxy) is 1. The van der Waals surface area contributed by atoms with Crippen molar-refractivity contribution >= 4 is 22.1 Å². The first kappa shape index (κ1) is 16.7. The highest BCUT2D eigenvalue weighted by atomic mass is 32.2. The highest BCUT2D eigenvalue weighted by Gasteiger charge is 2.30. The van der Waals surface area contributed by atoms with Crippen molar-refractivity contribution in [3.05, 3.63) is 40.8 Å². The number of carbonyl (C=O) groups is 1. The van der Waals surface area contributed by atoms with Gasteiger partial charge in [0, 0.05) is 18.5 Å². The normalized spacial score (nSPS) is 17.7. The van der Waals surface area contributed by atoms with Gasteiger partial charge in [-0.3, -0.25) is 4.79 Å². The van der Waals surface area contributed by atoms with Gasteiger partial charge in [-0.1, -0.05) is 29.8 Å². The van der Waals surface area contributed by atoms with Gasteiger partial charge in [0.05, 0.1) is 13.0 Å². The van der Waals surface area contributed by atoms with Crippen LogP contribution >= 0.6 is 0 Å². The van der Waals surface area contributed by atoms with Gasteiger partial charge in [-0.25, -0.2) is 8.42 Å². The predicted molar refractivity (Wildman–Crippen MR) is 85.4 cm³/mol. The van der Waals surface area contributed by atoms with Crippen LogP contribution in [-0.2, 0) is 19.6 Å². The van der Waals surface area contributed by atoms with Crippen molar-refractivity contribution in [2.45, 2.75) is 19.8 Å². The number of piperidine rings is 1. The third-order valence-corrected chi connectivity index (χ3v) is 5.42. The molecule has 1 aliphatic rings. The van der Waals surface area contributed by atoms with E-state index in [4.69, 9.17) is 4.74 Å². The molecule has 0 aliphatic carbocycles. The third-order valence-electron chi connectivity index (χ3n) is 3.86. The first-order valence-electron chi connectivity index (χ1n) is 7.25. The van der Waals surface area contributed by atoms with Crippen LogP contribution < -0.4 is 0 Å². The van der Waals surface area contributed by atoms with Crippen LogP contribution in [0.3, 0.4) is 0 Å². The second-order valence-electron chi connectivity index (χ2n) is 5.45. The average Bonchev–Trinajstić information content (AvgIpc) is 2.54. The van der Waals surface area contributed by atoms with Crippen molar-refractivity contribution in [1.82, 2.24) is 4.31 Å². The Kier molecular flexibility index (Phi) is 5.37. The number of aryl methyl sites for hydroxylation is 1. The molecule has 0 N–H and O–H groups in total. The fraction of sp³-hybridized carbons (Fsp3) is 0.438. The van der Waals surface area contributed by atoms with Gasteiger partial charge in [-0.15, -0.1) is 0 Å². The topological polar surface area (TPSA) is 63.7 Å². The summed E-state index contributed by atoms with van der Waals surface area (Å²) in [7, 11) is -2.09. The number of carbonyl (C=O) groups excluding carboxylic acids is 1. The Balaban J connectivity index is 1.99. The summed E-state index contributed by atoms with van der Waals surface area (Å²) in [5.41, 5.74) is 1.98. The zero-order chi connectivity index (χ0) is 16.2. The standard InChI is InChI=1S/C16H21NO4S/c1-13-3-5-14(6-4-13)9-12-22(19,20)17-10-7-15(8-11-17)16(18)21-2/h3-6,9,12,15H,7-8,10-11H2,1-2H3/b12-9+. The van der Waals surface area contributed by atoms with E-state index in [0.29, 0.717) is 25.9 Å². The molecular weight excluding hydrogens is 302 g/mol. The molecule has 0 spiro atoms. The van der Waals surface area contributed by atoms with E-state index in [1.807, 2.05) is 31.2 Å². The monoisotopic (exact) mass is 323 g/mol. The molecule has 1 fully saturated rings. The molecule has 0 atom stereocenters. The number of hydrogen-bond acceptors (Lipinski definition) is 4. The quantitative estimate of drug-likeness (QED) is 0.797. The van der Waals surface area contributed by atoms with Crippen molar-refractivity contribution in [2.24, 2.45) is 5.92 Å².